The molecule has 6 heteroatoms. The van der Waals surface area contributed by atoms with Crippen molar-refractivity contribution in [3.8, 4) is 0 Å². The van der Waals surface area contributed by atoms with Crippen LogP contribution in [0.15, 0.2) is 18.2 Å². The zero-order valence-electron chi connectivity index (χ0n) is 9.04. The molecule has 1 aliphatic heterocycles. The molecule has 0 aliphatic carbocycles. The molecule has 4 nitrogen and oxygen atoms in total. The predicted molar refractivity (Wildman–Crippen MR) is 66.3 cm³/mol. The Balaban J connectivity index is 2.16. The molecule has 17 heavy (non-hydrogen) atoms. The molecule has 1 aromatic carbocycles. The van der Waals surface area contributed by atoms with Crippen LogP contribution in [-0.2, 0) is 9.59 Å². The van der Waals surface area contributed by atoms with Crippen molar-refractivity contribution < 1.29 is 9.59 Å². The molecule has 0 bridgehead atoms. The molecule has 1 heterocycles. The molecule has 1 aromatic rings. The maximum Gasteiger partial charge on any atom is 0.251 e. The molecule has 90 valence electrons. The Morgan fingerprint density at radius 1 is 1.24 bits per heavy atom. The van der Waals surface area contributed by atoms with Gasteiger partial charge in [-0.2, -0.15) is 0 Å². The normalized spacial score (nSPS) is 19.9. The monoisotopic (exact) mass is 272 g/mol. The summed E-state index contributed by atoms with van der Waals surface area (Å²) < 4.78 is 0. The van der Waals surface area contributed by atoms with Gasteiger partial charge in [-0.1, -0.05) is 23.2 Å². The Bertz CT molecular complexity index is 470. The van der Waals surface area contributed by atoms with Gasteiger partial charge in [-0.3, -0.25) is 14.5 Å². The van der Waals surface area contributed by atoms with Crippen molar-refractivity contribution in [2.45, 2.75) is 12.5 Å². The molecule has 1 atom stereocenters. The molecule has 0 aromatic heterocycles. The van der Waals surface area contributed by atoms with Crippen molar-refractivity contribution in [2.24, 2.45) is 0 Å². The van der Waals surface area contributed by atoms with E-state index in [2.05, 4.69) is 5.32 Å². The first-order chi connectivity index (χ1) is 7.97. The van der Waals surface area contributed by atoms with Crippen molar-refractivity contribution in [1.29, 1.82) is 0 Å². The number of carbonyl (C=O) groups is 2. The van der Waals surface area contributed by atoms with Gasteiger partial charge in [0.15, 0.2) is 0 Å². The van der Waals surface area contributed by atoms with E-state index in [1.807, 2.05) is 0 Å². The molecule has 2 amide bonds. The molecule has 1 aliphatic rings. The molecule has 2 rings (SSSR count). The number of benzene rings is 1. The predicted octanol–water partition coefficient (Wildman–Crippen LogP) is 2.16. The summed E-state index contributed by atoms with van der Waals surface area (Å²) in [5, 5.41) is 3.91. The van der Waals surface area contributed by atoms with Crippen LogP contribution < -0.4 is 5.32 Å². The minimum absolute atomic E-state index is 0.152. The highest BCUT2D eigenvalue weighted by Crippen LogP contribution is 2.24. The molecular weight excluding hydrogens is 263 g/mol. The third-order valence-corrected chi connectivity index (χ3v) is 3.02. The van der Waals surface area contributed by atoms with Gasteiger partial charge in [0, 0.05) is 22.8 Å². The summed E-state index contributed by atoms with van der Waals surface area (Å²) in [5.74, 6) is -0.438. The highest BCUT2D eigenvalue weighted by molar-refractivity contribution is 6.35. The third-order valence-electron chi connectivity index (χ3n) is 2.58. The summed E-state index contributed by atoms with van der Waals surface area (Å²) in [7, 11) is 1.47. The number of rotatable bonds is 2. The SMILES string of the molecule is CN1C(=O)CC(Nc2cc(Cl)cc(Cl)c2)C1=O. The van der Waals surface area contributed by atoms with Crippen molar-refractivity contribution in [1.82, 2.24) is 4.90 Å². The Hall–Kier alpha value is -1.26. The van der Waals surface area contributed by atoms with Crippen LogP contribution in [0.4, 0.5) is 5.69 Å². The Morgan fingerprint density at radius 3 is 2.29 bits per heavy atom. The number of imide groups is 1. The van der Waals surface area contributed by atoms with E-state index in [0.29, 0.717) is 15.7 Å². The summed E-state index contributed by atoms with van der Waals surface area (Å²) in [6, 6.07) is 4.37. The van der Waals surface area contributed by atoms with E-state index in [1.54, 1.807) is 18.2 Å². The minimum Gasteiger partial charge on any atom is -0.373 e. The van der Waals surface area contributed by atoms with E-state index in [0.717, 1.165) is 4.90 Å². The van der Waals surface area contributed by atoms with Crippen molar-refractivity contribution in [3.05, 3.63) is 28.2 Å². The number of amides is 2. The number of nitrogens with one attached hydrogen (secondary N) is 1. The van der Waals surface area contributed by atoms with Crippen molar-refractivity contribution in [2.75, 3.05) is 12.4 Å². The molecule has 0 spiro atoms. The number of halogens is 2. The second kappa shape index (κ2) is 4.55. The first kappa shape index (κ1) is 12.2. The standard InChI is InChI=1S/C11H10Cl2N2O2/c1-15-10(16)5-9(11(15)17)14-8-3-6(12)2-7(13)4-8/h2-4,9,14H,5H2,1H3. The van der Waals surface area contributed by atoms with Gasteiger partial charge in [0.25, 0.3) is 5.91 Å². The van der Waals surface area contributed by atoms with Crippen LogP contribution in [0.5, 0.6) is 0 Å². The lowest BCUT2D eigenvalue weighted by atomic mass is 10.2. The zero-order chi connectivity index (χ0) is 12.6. The molecule has 1 N–H and O–H groups in total. The Morgan fingerprint density at radius 2 is 1.82 bits per heavy atom. The van der Waals surface area contributed by atoms with Gasteiger partial charge in [0.1, 0.15) is 6.04 Å². The van der Waals surface area contributed by atoms with E-state index in [9.17, 15) is 9.59 Å². The number of hydrogen-bond acceptors (Lipinski definition) is 3. The molecule has 1 saturated heterocycles. The second-order valence-corrected chi connectivity index (χ2v) is 4.72. The van der Waals surface area contributed by atoms with Crippen LogP contribution >= 0.6 is 23.2 Å². The molecular formula is C11H10Cl2N2O2. The van der Waals surface area contributed by atoms with E-state index >= 15 is 0 Å². The Kier molecular flexibility index (Phi) is 3.26. The molecule has 1 fully saturated rings. The average molecular weight is 273 g/mol. The maximum absolute atomic E-state index is 11.7. The van der Waals surface area contributed by atoms with Crippen LogP contribution in [0.2, 0.25) is 10.0 Å². The smallest absolute Gasteiger partial charge is 0.251 e. The van der Waals surface area contributed by atoms with Crippen molar-refractivity contribution in [3.63, 3.8) is 0 Å². The number of carbonyl (C=O) groups excluding carboxylic acids is 2. The summed E-state index contributed by atoms with van der Waals surface area (Å²) in [6.07, 6.45) is 0.152. The van der Waals surface area contributed by atoms with Crippen LogP contribution in [0.3, 0.4) is 0 Å². The highest BCUT2D eigenvalue weighted by atomic mass is 35.5. The Labute approximate surface area is 108 Å². The van der Waals surface area contributed by atoms with Gasteiger partial charge < -0.3 is 5.32 Å². The summed E-state index contributed by atoms with van der Waals surface area (Å²) in [5.41, 5.74) is 0.629. The fourth-order valence-corrected chi connectivity index (χ4v) is 2.23. The van der Waals surface area contributed by atoms with E-state index in [-0.39, 0.29) is 18.2 Å². The van der Waals surface area contributed by atoms with Crippen LogP contribution in [-0.4, -0.2) is 29.8 Å². The number of likely N-dealkylation sites (N-methyl/N-ethyl adjacent to an activating group) is 1. The molecule has 0 radical (unpaired) electrons. The van der Waals surface area contributed by atoms with Gasteiger partial charge >= 0.3 is 0 Å². The van der Waals surface area contributed by atoms with Gasteiger partial charge in [-0.25, -0.2) is 0 Å². The van der Waals surface area contributed by atoms with Crippen LogP contribution in [0.1, 0.15) is 6.42 Å². The number of anilines is 1. The molecule has 1 unspecified atom stereocenters. The zero-order valence-corrected chi connectivity index (χ0v) is 10.5. The number of likely N-dealkylation sites (tertiary alicyclic amines) is 1. The second-order valence-electron chi connectivity index (χ2n) is 3.85. The van der Waals surface area contributed by atoms with Gasteiger partial charge in [0.2, 0.25) is 5.91 Å². The van der Waals surface area contributed by atoms with E-state index < -0.39 is 6.04 Å². The van der Waals surface area contributed by atoms with Crippen molar-refractivity contribution >= 4 is 40.7 Å². The molecule has 0 saturated carbocycles. The topological polar surface area (TPSA) is 49.4 Å². The lowest BCUT2D eigenvalue weighted by Crippen LogP contribution is -2.31. The quantitative estimate of drug-likeness (QED) is 0.840. The summed E-state index contributed by atoms with van der Waals surface area (Å²) >= 11 is 11.7. The largest absolute Gasteiger partial charge is 0.373 e. The first-order valence-electron chi connectivity index (χ1n) is 5.00. The van der Waals surface area contributed by atoms with Gasteiger partial charge in [0.05, 0.1) is 6.42 Å². The highest BCUT2D eigenvalue weighted by Gasteiger charge is 2.35. The average Bonchev–Trinajstić information content (AvgIpc) is 2.45. The van der Waals surface area contributed by atoms with Crippen LogP contribution in [0, 0.1) is 0 Å². The maximum atomic E-state index is 11.7. The summed E-state index contributed by atoms with van der Waals surface area (Å²) in [4.78, 5) is 24.1. The number of hydrogen-bond donors (Lipinski definition) is 1. The van der Waals surface area contributed by atoms with Crippen LogP contribution in [0.25, 0.3) is 0 Å². The first-order valence-corrected chi connectivity index (χ1v) is 5.76. The van der Waals surface area contributed by atoms with E-state index in [4.69, 9.17) is 23.2 Å². The van der Waals surface area contributed by atoms with Gasteiger partial charge in [-0.15, -0.1) is 0 Å². The fourth-order valence-electron chi connectivity index (χ4n) is 1.71. The lowest BCUT2D eigenvalue weighted by molar-refractivity contribution is -0.136. The summed E-state index contributed by atoms with van der Waals surface area (Å²) in [6.45, 7) is 0. The van der Waals surface area contributed by atoms with E-state index in [1.165, 1.54) is 7.05 Å². The minimum atomic E-state index is -0.540. The van der Waals surface area contributed by atoms with Gasteiger partial charge in [-0.05, 0) is 18.2 Å². The fraction of sp³-hybridized carbons (Fsp3) is 0.273. The number of nitrogens with zero attached hydrogens (tertiary/aromatic N) is 1. The lowest BCUT2D eigenvalue weighted by Gasteiger charge is -2.12. The third kappa shape index (κ3) is 2.53.